The first-order valence-corrected chi connectivity index (χ1v) is 11.5. The Balaban J connectivity index is 1.43. The number of carbonyl (C=O) groups is 1. The van der Waals surface area contributed by atoms with Gasteiger partial charge in [-0.1, -0.05) is 37.1 Å². The standard InChI is InChI=1S/C27H27N3O3S/c1-16(2)15-32-22-7-5-6-19(13-22)25(31)30-27(34)28-21-8-9-24-23(14-21)29-26(33-24)20-11-17(3)10-18(4)12-20/h5-14,16H,15H2,1-4H3,(H2,28,30,31,34). The Morgan fingerprint density at radius 1 is 1.06 bits per heavy atom. The molecule has 0 atom stereocenters. The molecule has 0 aliphatic rings. The van der Waals surface area contributed by atoms with E-state index < -0.39 is 0 Å². The average molecular weight is 474 g/mol. The smallest absolute Gasteiger partial charge is 0.257 e. The van der Waals surface area contributed by atoms with Crippen LogP contribution in [0.4, 0.5) is 5.69 Å². The average Bonchev–Trinajstić information content (AvgIpc) is 3.21. The Morgan fingerprint density at radius 2 is 1.82 bits per heavy atom. The fourth-order valence-corrected chi connectivity index (χ4v) is 3.77. The fourth-order valence-electron chi connectivity index (χ4n) is 3.55. The lowest BCUT2D eigenvalue weighted by atomic mass is 10.1. The second-order valence-corrected chi connectivity index (χ2v) is 9.13. The van der Waals surface area contributed by atoms with E-state index >= 15 is 0 Å². The Kier molecular flexibility index (Phi) is 6.93. The van der Waals surface area contributed by atoms with E-state index in [4.69, 9.17) is 21.4 Å². The molecular formula is C27H27N3O3S. The second-order valence-electron chi connectivity index (χ2n) is 8.72. The van der Waals surface area contributed by atoms with Gasteiger partial charge in [-0.05, 0) is 80.5 Å². The molecule has 0 radical (unpaired) electrons. The highest BCUT2D eigenvalue weighted by Gasteiger charge is 2.12. The number of fused-ring (bicyclic) bond motifs is 1. The van der Waals surface area contributed by atoms with Crippen LogP contribution in [0.5, 0.6) is 5.75 Å². The van der Waals surface area contributed by atoms with Gasteiger partial charge >= 0.3 is 0 Å². The predicted octanol–water partition coefficient (Wildman–Crippen LogP) is 6.27. The number of aromatic nitrogens is 1. The largest absolute Gasteiger partial charge is 0.493 e. The van der Waals surface area contributed by atoms with Crippen LogP contribution in [0.15, 0.2) is 65.1 Å². The Hall–Kier alpha value is -3.71. The quantitative estimate of drug-likeness (QED) is 0.321. The maximum atomic E-state index is 12.6. The summed E-state index contributed by atoms with van der Waals surface area (Å²) in [5.41, 5.74) is 5.78. The number of aryl methyl sites for hydroxylation is 2. The van der Waals surface area contributed by atoms with Gasteiger partial charge in [-0.3, -0.25) is 10.1 Å². The van der Waals surface area contributed by atoms with Crippen LogP contribution in [0.25, 0.3) is 22.6 Å². The van der Waals surface area contributed by atoms with Gasteiger partial charge in [0.25, 0.3) is 5.91 Å². The van der Waals surface area contributed by atoms with Gasteiger partial charge in [0.2, 0.25) is 5.89 Å². The summed E-state index contributed by atoms with van der Waals surface area (Å²) >= 11 is 5.35. The second kappa shape index (κ2) is 10.1. The predicted molar refractivity (Wildman–Crippen MR) is 139 cm³/mol. The molecule has 0 saturated carbocycles. The van der Waals surface area contributed by atoms with Crippen molar-refractivity contribution in [3.8, 4) is 17.2 Å². The molecule has 3 aromatic carbocycles. The molecule has 4 rings (SSSR count). The summed E-state index contributed by atoms with van der Waals surface area (Å²) in [7, 11) is 0. The molecule has 174 valence electrons. The first-order valence-electron chi connectivity index (χ1n) is 11.1. The minimum Gasteiger partial charge on any atom is -0.493 e. The number of nitrogens with one attached hydrogen (secondary N) is 2. The van der Waals surface area contributed by atoms with Gasteiger partial charge in [-0.25, -0.2) is 4.98 Å². The van der Waals surface area contributed by atoms with Crippen molar-refractivity contribution in [1.82, 2.24) is 10.3 Å². The molecule has 0 unspecified atom stereocenters. The van der Waals surface area contributed by atoms with E-state index in [1.807, 2.05) is 50.2 Å². The van der Waals surface area contributed by atoms with Crippen LogP contribution in [0.2, 0.25) is 0 Å². The van der Waals surface area contributed by atoms with Gasteiger partial charge in [-0.2, -0.15) is 0 Å². The maximum absolute atomic E-state index is 12.6. The molecule has 34 heavy (non-hydrogen) atoms. The van der Waals surface area contributed by atoms with E-state index in [1.54, 1.807) is 18.2 Å². The summed E-state index contributed by atoms with van der Waals surface area (Å²) in [5.74, 6) is 1.30. The third-order valence-electron chi connectivity index (χ3n) is 5.02. The number of oxazole rings is 1. The molecule has 2 N–H and O–H groups in total. The highest BCUT2D eigenvalue weighted by Crippen LogP contribution is 2.27. The highest BCUT2D eigenvalue weighted by molar-refractivity contribution is 7.80. The summed E-state index contributed by atoms with van der Waals surface area (Å²) in [6, 6.07) is 18.7. The van der Waals surface area contributed by atoms with Crippen LogP contribution in [0, 0.1) is 19.8 Å². The first kappa shape index (κ1) is 23.4. The van der Waals surface area contributed by atoms with Crippen LogP contribution in [-0.4, -0.2) is 22.6 Å². The van der Waals surface area contributed by atoms with E-state index in [0.717, 1.165) is 16.7 Å². The molecule has 0 saturated heterocycles. The Bertz CT molecular complexity index is 1340. The Morgan fingerprint density at radius 3 is 2.56 bits per heavy atom. The zero-order valence-corrected chi connectivity index (χ0v) is 20.5. The number of thiocarbonyl (C=S) groups is 1. The number of nitrogens with zero attached hydrogens (tertiary/aromatic N) is 1. The number of amides is 1. The van der Waals surface area contributed by atoms with Gasteiger partial charge < -0.3 is 14.5 Å². The minimum atomic E-state index is -0.313. The molecule has 0 spiro atoms. The molecule has 1 amide bonds. The van der Waals surface area contributed by atoms with Crippen molar-refractivity contribution in [3.05, 3.63) is 77.4 Å². The molecule has 6 nitrogen and oxygen atoms in total. The molecule has 0 fully saturated rings. The van der Waals surface area contributed by atoms with Crippen molar-refractivity contribution < 1.29 is 13.9 Å². The van der Waals surface area contributed by atoms with Gasteiger partial charge in [0, 0.05) is 16.8 Å². The summed E-state index contributed by atoms with van der Waals surface area (Å²) < 4.78 is 11.6. The molecule has 1 heterocycles. The van der Waals surface area contributed by atoms with Crippen molar-refractivity contribution in [2.24, 2.45) is 5.92 Å². The summed E-state index contributed by atoms with van der Waals surface area (Å²) in [5, 5.41) is 5.94. The van der Waals surface area contributed by atoms with E-state index in [0.29, 0.717) is 46.5 Å². The monoisotopic (exact) mass is 473 g/mol. The zero-order valence-electron chi connectivity index (χ0n) is 19.6. The topological polar surface area (TPSA) is 76.4 Å². The molecule has 1 aromatic heterocycles. The maximum Gasteiger partial charge on any atom is 0.257 e. The van der Waals surface area contributed by atoms with Crippen molar-refractivity contribution in [3.63, 3.8) is 0 Å². The van der Waals surface area contributed by atoms with Crippen LogP contribution in [-0.2, 0) is 0 Å². The van der Waals surface area contributed by atoms with Crippen LogP contribution in [0.3, 0.4) is 0 Å². The van der Waals surface area contributed by atoms with Gasteiger partial charge in [-0.15, -0.1) is 0 Å². The van der Waals surface area contributed by atoms with Crippen molar-refractivity contribution in [2.75, 3.05) is 11.9 Å². The molecule has 0 aliphatic heterocycles. The third-order valence-corrected chi connectivity index (χ3v) is 5.22. The lowest BCUT2D eigenvalue weighted by Crippen LogP contribution is -2.34. The summed E-state index contributed by atoms with van der Waals surface area (Å²) in [4.78, 5) is 17.3. The lowest BCUT2D eigenvalue weighted by Gasteiger charge is -2.11. The molecular weight excluding hydrogens is 446 g/mol. The zero-order chi connectivity index (χ0) is 24.2. The van der Waals surface area contributed by atoms with Crippen molar-refractivity contribution >= 4 is 40.0 Å². The summed E-state index contributed by atoms with van der Waals surface area (Å²) in [6.45, 7) is 8.82. The van der Waals surface area contributed by atoms with E-state index in [-0.39, 0.29) is 11.0 Å². The van der Waals surface area contributed by atoms with Gasteiger partial charge in [0.05, 0.1) is 6.61 Å². The van der Waals surface area contributed by atoms with Gasteiger partial charge in [0.1, 0.15) is 11.3 Å². The van der Waals surface area contributed by atoms with E-state index in [2.05, 4.69) is 35.5 Å². The van der Waals surface area contributed by atoms with Crippen LogP contribution >= 0.6 is 12.2 Å². The van der Waals surface area contributed by atoms with Crippen LogP contribution in [0.1, 0.15) is 35.3 Å². The highest BCUT2D eigenvalue weighted by atomic mass is 32.1. The van der Waals surface area contributed by atoms with Crippen molar-refractivity contribution in [1.29, 1.82) is 0 Å². The molecule has 7 heteroatoms. The number of carbonyl (C=O) groups excluding carboxylic acids is 1. The van der Waals surface area contributed by atoms with E-state index in [9.17, 15) is 4.79 Å². The number of rotatable bonds is 6. The van der Waals surface area contributed by atoms with Crippen molar-refractivity contribution in [2.45, 2.75) is 27.7 Å². The number of hydrogen-bond acceptors (Lipinski definition) is 5. The van der Waals surface area contributed by atoms with Crippen LogP contribution < -0.4 is 15.4 Å². The Labute approximate surface area is 204 Å². The summed E-state index contributed by atoms with van der Waals surface area (Å²) in [6.07, 6.45) is 0. The number of hydrogen-bond donors (Lipinski definition) is 2. The lowest BCUT2D eigenvalue weighted by molar-refractivity contribution is 0.0977. The minimum absolute atomic E-state index is 0.191. The molecule has 0 bridgehead atoms. The number of anilines is 1. The number of benzene rings is 3. The SMILES string of the molecule is Cc1cc(C)cc(-c2nc3cc(NC(=S)NC(=O)c4cccc(OCC(C)C)c4)ccc3o2)c1. The normalized spacial score (nSPS) is 11.0. The molecule has 4 aromatic rings. The number of ether oxygens (including phenoxy) is 1. The van der Waals surface area contributed by atoms with E-state index in [1.165, 1.54) is 0 Å². The third kappa shape index (κ3) is 5.80. The first-order chi connectivity index (χ1) is 16.3. The van der Waals surface area contributed by atoms with Gasteiger partial charge in [0.15, 0.2) is 10.7 Å². The molecule has 0 aliphatic carbocycles. The fraction of sp³-hybridized carbons (Fsp3) is 0.222.